The number of hydrogen-bond donors (Lipinski definition) is 1. The topological polar surface area (TPSA) is 58.6 Å². The summed E-state index contributed by atoms with van der Waals surface area (Å²) in [4.78, 5) is 23.4. The van der Waals surface area contributed by atoms with Crippen molar-refractivity contribution in [2.45, 2.75) is 39.1 Å². The largest absolute Gasteiger partial charge is 0.359 e. The predicted octanol–water partition coefficient (Wildman–Crippen LogP) is 1.04. The molecule has 1 rings (SSSR count). The summed E-state index contributed by atoms with van der Waals surface area (Å²) in [5.41, 5.74) is 0. The number of alkyl halides is 1. The van der Waals surface area contributed by atoms with Crippen molar-refractivity contribution in [3.63, 3.8) is 0 Å². The van der Waals surface area contributed by atoms with E-state index in [0.717, 1.165) is 12.8 Å². The van der Waals surface area contributed by atoms with Gasteiger partial charge in [0.25, 0.3) is 5.91 Å². The van der Waals surface area contributed by atoms with Crippen LogP contribution in [0.4, 0.5) is 9.18 Å². The minimum absolute atomic E-state index is 0.238. The first-order valence-corrected chi connectivity index (χ1v) is 5.43. The highest BCUT2D eigenvalue weighted by Crippen LogP contribution is 2.10. The van der Waals surface area contributed by atoms with E-state index in [0.29, 0.717) is 6.61 Å². The fourth-order valence-corrected chi connectivity index (χ4v) is 1.40. The van der Waals surface area contributed by atoms with Crippen molar-refractivity contribution in [2.75, 3.05) is 13.2 Å². The number of nitrogens with one attached hydrogen (secondary N) is 1. The van der Waals surface area contributed by atoms with Gasteiger partial charge in [-0.2, -0.15) is 0 Å². The molecule has 0 aromatic rings. The second kappa shape index (κ2) is 5.79. The Morgan fingerprint density at radius 2 is 2.31 bits per heavy atom. The van der Waals surface area contributed by atoms with Crippen molar-refractivity contribution in [3.05, 3.63) is 0 Å². The normalized spacial score (nSPS) is 23.2. The SMILES string of the molecule is CCCCOC(C)N1CC(F)C(=O)NC1=O. The molecule has 0 aromatic carbocycles. The van der Waals surface area contributed by atoms with Gasteiger partial charge in [0.05, 0.1) is 6.54 Å². The lowest BCUT2D eigenvalue weighted by Crippen LogP contribution is -2.58. The molecule has 16 heavy (non-hydrogen) atoms. The average molecular weight is 232 g/mol. The minimum atomic E-state index is -1.67. The maximum absolute atomic E-state index is 13.1. The molecule has 3 amide bonds. The molecule has 0 spiro atoms. The van der Waals surface area contributed by atoms with Crippen LogP contribution >= 0.6 is 0 Å². The molecule has 0 bridgehead atoms. The van der Waals surface area contributed by atoms with Gasteiger partial charge in [0.1, 0.15) is 6.23 Å². The van der Waals surface area contributed by atoms with Gasteiger partial charge in [-0.05, 0) is 13.3 Å². The van der Waals surface area contributed by atoms with E-state index in [2.05, 4.69) is 0 Å². The Labute approximate surface area is 93.9 Å². The van der Waals surface area contributed by atoms with Crippen LogP contribution in [-0.2, 0) is 9.53 Å². The van der Waals surface area contributed by atoms with Gasteiger partial charge in [-0.3, -0.25) is 15.0 Å². The zero-order valence-corrected chi connectivity index (χ0v) is 9.53. The number of urea groups is 1. The Balaban J connectivity index is 2.45. The Morgan fingerprint density at radius 1 is 1.62 bits per heavy atom. The van der Waals surface area contributed by atoms with Crippen molar-refractivity contribution in [2.24, 2.45) is 0 Å². The molecule has 2 atom stereocenters. The van der Waals surface area contributed by atoms with E-state index < -0.39 is 24.3 Å². The second-order valence-electron chi connectivity index (χ2n) is 3.74. The van der Waals surface area contributed by atoms with E-state index in [1.54, 1.807) is 6.92 Å². The van der Waals surface area contributed by atoms with Crippen LogP contribution in [0.1, 0.15) is 26.7 Å². The quantitative estimate of drug-likeness (QED) is 0.720. The molecule has 1 saturated heterocycles. The molecule has 0 aliphatic carbocycles. The van der Waals surface area contributed by atoms with E-state index in [-0.39, 0.29) is 6.54 Å². The van der Waals surface area contributed by atoms with Crippen molar-refractivity contribution in [1.82, 2.24) is 10.2 Å². The summed E-state index contributed by atoms with van der Waals surface area (Å²) in [5.74, 6) is -0.873. The first-order chi connectivity index (χ1) is 7.56. The van der Waals surface area contributed by atoms with Gasteiger partial charge in [-0.25, -0.2) is 9.18 Å². The summed E-state index contributed by atoms with van der Waals surface area (Å²) < 4.78 is 18.5. The summed E-state index contributed by atoms with van der Waals surface area (Å²) >= 11 is 0. The van der Waals surface area contributed by atoms with E-state index >= 15 is 0 Å². The summed E-state index contributed by atoms with van der Waals surface area (Å²) in [7, 11) is 0. The number of nitrogens with zero attached hydrogens (tertiary/aromatic N) is 1. The van der Waals surface area contributed by atoms with E-state index in [1.165, 1.54) is 4.90 Å². The number of imide groups is 1. The maximum atomic E-state index is 13.1. The number of amides is 3. The second-order valence-corrected chi connectivity index (χ2v) is 3.74. The van der Waals surface area contributed by atoms with Gasteiger partial charge in [-0.1, -0.05) is 13.3 Å². The predicted molar refractivity (Wildman–Crippen MR) is 55.5 cm³/mol. The average Bonchev–Trinajstić information content (AvgIpc) is 2.23. The van der Waals surface area contributed by atoms with Crippen LogP contribution in [-0.4, -0.2) is 42.4 Å². The number of carbonyl (C=O) groups excluding carboxylic acids is 2. The fourth-order valence-electron chi connectivity index (χ4n) is 1.40. The lowest BCUT2D eigenvalue weighted by atomic mass is 10.2. The Bertz CT molecular complexity index is 273. The van der Waals surface area contributed by atoms with Crippen molar-refractivity contribution in [3.8, 4) is 0 Å². The van der Waals surface area contributed by atoms with E-state index in [9.17, 15) is 14.0 Å². The van der Waals surface area contributed by atoms with Crippen LogP contribution in [0.5, 0.6) is 0 Å². The van der Waals surface area contributed by atoms with Crippen LogP contribution < -0.4 is 5.32 Å². The molecule has 5 nitrogen and oxygen atoms in total. The highest BCUT2D eigenvalue weighted by molar-refractivity contribution is 5.99. The van der Waals surface area contributed by atoms with Crippen LogP contribution in [0.3, 0.4) is 0 Å². The number of unbranched alkanes of at least 4 members (excludes halogenated alkanes) is 1. The molecule has 1 heterocycles. The zero-order chi connectivity index (χ0) is 12.1. The fraction of sp³-hybridized carbons (Fsp3) is 0.800. The molecule has 92 valence electrons. The number of halogens is 1. The molecule has 1 aliphatic rings. The third-order valence-corrected chi connectivity index (χ3v) is 2.43. The van der Waals surface area contributed by atoms with Gasteiger partial charge in [0, 0.05) is 6.61 Å². The smallest absolute Gasteiger partial charge is 0.326 e. The Morgan fingerprint density at radius 3 is 2.94 bits per heavy atom. The lowest BCUT2D eigenvalue weighted by Gasteiger charge is -2.33. The maximum Gasteiger partial charge on any atom is 0.326 e. The number of ether oxygens (including phenoxy) is 1. The molecular weight excluding hydrogens is 215 g/mol. The van der Waals surface area contributed by atoms with Gasteiger partial charge in [0.2, 0.25) is 0 Å². The molecule has 0 saturated carbocycles. The van der Waals surface area contributed by atoms with Crippen molar-refractivity contribution in [1.29, 1.82) is 0 Å². The van der Waals surface area contributed by atoms with Gasteiger partial charge in [-0.15, -0.1) is 0 Å². The summed E-state index contributed by atoms with van der Waals surface area (Å²) in [5, 5.41) is 1.94. The summed E-state index contributed by atoms with van der Waals surface area (Å²) in [6.45, 7) is 3.97. The first-order valence-electron chi connectivity index (χ1n) is 5.43. The van der Waals surface area contributed by atoms with Crippen LogP contribution in [0.2, 0.25) is 0 Å². The zero-order valence-electron chi connectivity index (χ0n) is 9.53. The molecule has 0 aromatic heterocycles. The molecule has 2 unspecified atom stereocenters. The molecule has 1 aliphatic heterocycles. The van der Waals surface area contributed by atoms with E-state index in [4.69, 9.17) is 4.74 Å². The van der Waals surface area contributed by atoms with Crippen LogP contribution in [0, 0.1) is 0 Å². The molecule has 6 heteroatoms. The number of carbonyl (C=O) groups is 2. The highest BCUT2D eigenvalue weighted by atomic mass is 19.1. The third kappa shape index (κ3) is 3.16. The Kier molecular flexibility index (Phi) is 4.67. The summed E-state index contributed by atoms with van der Waals surface area (Å²) in [6, 6.07) is -0.595. The van der Waals surface area contributed by atoms with E-state index in [1.807, 2.05) is 12.2 Å². The molecular formula is C10H17FN2O3. The third-order valence-electron chi connectivity index (χ3n) is 2.43. The number of rotatable bonds is 5. The first kappa shape index (κ1) is 12.9. The molecule has 1 N–H and O–H groups in total. The monoisotopic (exact) mass is 232 g/mol. The standard InChI is InChI=1S/C10H17FN2O3/c1-3-4-5-16-7(2)13-6-8(11)9(14)12-10(13)15/h7-8H,3-6H2,1-2H3,(H,12,14,15). The highest BCUT2D eigenvalue weighted by Gasteiger charge is 2.34. The van der Waals surface area contributed by atoms with Crippen molar-refractivity contribution >= 4 is 11.9 Å². The van der Waals surface area contributed by atoms with Crippen LogP contribution in [0.15, 0.2) is 0 Å². The summed E-state index contributed by atoms with van der Waals surface area (Å²) in [6.07, 6.45) is -0.311. The minimum Gasteiger partial charge on any atom is -0.359 e. The molecule has 1 fully saturated rings. The molecule has 0 radical (unpaired) electrons. The van der Waals surface area contributed by atoms with Gasteiger partial charge in [0.15, 0.2) is 6.17 Å². The van der Waals surface area contributed by atoms with Gasteiger partial charge < -0.3 is 4.74 Å². The Hall–Kier alpha value is -1.17. The van der Waals surface area contributed by atoms with Crippen LogP contribution in [0.25, 0.3) is 0 Å². The van der Waals surface area contributed by atoms with Crippen molar-refractivity contribution < 1.29 is 18.7 Å². The lowest BCUT2D eigenvalue weighted by molar-refractivity contribution is -0.129. The van der Waals surface area contributed by atoms with Gasteiger partial charge >= 0.3 is 6.03 Å². The number of hydrogen-bond acceptors (Lipinski definition) is 3.